The summed E-state index contributed by atoms with van der Waals surface area (Å²) in [7, 11) is 0. The average Bonchev–Trinajstić information content (AvgIpc) is 2.62. The molecule has 1 aliphatic rings. The Balaban J connectivity index is 1.78. The number of hydrogen-bond acceptors (Lipinski definition) is 5. The molecule has 6 nitrogen and oxygen atoms in total. The SMILES string of the molecule is CCOC(=O)C1CCN(C(=O)c2cc3cccc(Cl)c3oc2=O)CC1. The zero-order chi connectivity index (χ0) is 18.0. The molecular formula is C18H18ClNO5. The van der Waals surface area contributed by atoms with Crippen LogP contribution in [0.1, 0.15) is 30.1 Å². The van der Waals surface area contributed by atoms with Gasteiger partial charge < -0.3 is 14.1 Å². The number of esters is 1. The Kier molecular flexibility index (Phi) is 5.08. The van der Waals surface area contributed by atoms with Crippen LogP contribution in [0, 0.1) is 5.92 Å². The number of fused-ring (bicyclic) bond motifs is 1. The van der Waals surface area contributed by atoms with Crippen molar-refractivity contribution in [2.24, 2.45) is 5.92 Å². The molecule has 0 bridgehead atoms. The van der Waals surface area contributed by atoms with Gasteiger partial charge in [0.1, 0.15) is 5.56 Å². The van der Waals surface area contributed by atoms with E-state index < -0.39 is 11.5 Å². The topological polar surface area (TPSA) is 76.8 Å². The number of benzene rings is 1. The molecule has 2 heterocycles. The molecule has 25 heavy (non-hydrogen) atoms. The van der Waals surface area contributed by atoms with Gasteiger partial charge in [0.2, 0.25) is 0 Å². The minimum absolute atomic E-state index is 0.0237. The van der Waals surface area contributed by atoms with Crippen LogP contribution in [-0.4, -0.2) is 36.5 Å². The van der Waals surface area contributed by atoms with Crippen LogP contribution in [0.25, 0.3) is 11.0 Å². The normalized spacial score (nSPS) is 15.4. The molecule has 0 unspecified atom stereocenters. The predicted octanol–water partition coefficient (Wildman–Crippen LogP) is 2.86. The molecule has 3 rings (SSSR count). The first-order chi connectivity index (χ1) is 12.0. The number of para-hydroxylation sites is 1. The van der Waals surface area contributed by atoms with Gasteiger partial charge in [0.15, 0.2) is 5.58 Å². The maximum Gasteiger partial charge on any atom is 0.349 e. The fourth-order valence-corrected chi connectivity index (χ4v) is 3.23. The monoisotopic (exact) mass is 363 g/mol. The smallest absolute Gasteiger partial charge is 0.349 e. The third-order valence-electron chi connectivity index (χ3n) is 4.34. The summed E-state index contributed by atoms with van der Waals surface area (Å²) in [5, 5.41) is 0.917. The van der Waals surface area contributed by atoms with Gasteiger partial charge >= 0.3 is 11.6 Å². The van der Waals surface area contributed by atoms with Crippen LogP contribution in [-0.2, 0) is 9.53 Å². The summed E-state index contributed by atoms with van der Waals surface area (Å²) in [5.74, 6) is -0.816. The molecule has 7 heteroatoms. The molecule has 1 saturated heterocycles. The Hall–Kier alpha value is -2.34. The molecule has 1 aliphatic heterocycles. The number of rotatable bonds is 3. The first-order valence-corrected chi connectivity index (χ1v) is 8.57. The van der Waals surface area contributed by atoms with Crippen molar-refractivity contribution in [3.63, 3.8) is 0 Å². The number of likely N-dealkylation sites (tertiary alicyclic amines) is 1. The van der Waals surface area contributed by atoms with Crippen molar-refractivity contribution >= 4 is 34.4 Å². The Morgan fingerprint density at radius 3 is 2.72 bits per heavy atom. The zero-order valence-corrected chi connectivity index (χ0v) is 14.5. The highest BCUT2D eigenvalue weighted by atomic mass is 35.5. The summed E-state index contributed by atoms with van der Waals surface area (Å²) in [6.45, 7) is 2.91. The summed E-state index contributed by atoms with van der Waals surface area (Å²) >= 11 is 6.01. The lowest BCUT2D eigenvalue weighted by atomic mass is 9.96. The molecule has 0 atom stereocenters. The highest BCUT2D eigenvalue weighted by Gasteiger charge is 2.30. The minimum Gasteiger partial charge on any atom is -0.466 e. The fraction of sp³-hybridized carbons (Fsp3) is 0.389. The molecule has 0 N–H and O–H groups in total. The summed E-state index contributed by atoms with van der Waals surface area (Å²) in [5.41, 5.74) is -0.464. The van der Waals surface area contributed by atoms with Crippen LogP contribution in [0.2, 0.25) is 5.02 Å². The number of hydrogen-bond donors (Lipinski definition) is 0. The van der Waals surface area contributed by atoms with Gasteiger partial charge in [-0.05, 0) is 31.9 Å². The summed E-state index contributed by atoms with van der Waals surface area (Å²) in [6, 6.07) is 6.58. The van der Waals surface area contributed by atoms with Crippen molar-refractivity contribution in [3.05, 3.63) is 45.3 Å². The second-order valence-electron chi connectivity index (χ2n) is 5.92. The largest absolute Gasteiger partial charge is 0.466 e. The Morgan fingerprint density at radius 1 is 1.32 bits per heavy atom. The summed E-state index contributed by atoms with van der Waals surface area (Å²) in [4.78, 5) is 38.2. The third kappa shape index (κ3) is 3.54. The molecular weight excluding hydrogens is 346 g/mol. The van der Waals surface area contributed by atoms with E-state index in [0.717, 1.165) is 0 Å². The average molecular weight is 364 g/mol. The molecule has 1 fully saturated rings. The van der Waals surface area contributed by atoms with Crippen LogP contribution in [0.5, 0.6) is 0 Å². The fourth-order valence-electron chi connectivity index (χ4n) is 3.01. The van der Waals surface area contributed by atoms with Crippen molar-refractivity contribution in [1.82, 2.24) is 4.90 Å². The Labute approximate surface area is 149 Å². The van der Waals surface area contributed by atoms with Crippen LogP contribution < -0.4 is 5.63 Å². The van der Waals surface area contributed by atoms with Crippen LogP contribution >= 0.6 is 11.6 Å². The molecule has 2 aromatic rings. The van der Waals surface area contributed by atoms with Gasteiger partial charge in [-0.3, -0.25) is 9.59 Å². The lowest BCUT2D eigenvalue weighted by molar-refractivity contribution is -0.149. The maximum absolute atomic E-state index is 12.7. The molecule has 1 aromatic carbocycles. The number of piperidine rings is 1. The second-order valence-corrected chi connectivity index (χ2v) is 6.33. The van der Waals surface area contributed by atoms with E-state index in [1.807, 2.05) is 0 Å². The second kappa shape index (κ2) is 7.27. The van der Waals surface area contributed by atoms with Gasteiger partial charge in [0.05, 0.1) is 17.5 Å². The lowest BCUT2D eigenvalue weighted by Crippen LogP contribution is -2.42. The van der Waals surface area contributed by atoms with Crippen LogP contribution in [0.3, 0.4) is 0 Å². The van der Waals surface area contributed by atoms with E-state index in [1.54, 1.807) is 30.0 Å². The van der Waals surface area contributed by atoms with Gasteiger partial charge in [-0.15, -0.1) is 0 Å². The Morgan fingerprint density at radius 2 is 2.04 bits per heavy atom. The number of amides is 1. The number of nitrogens with zero attached hydrogens (tertiary/aromatic N) is 1. The van der Waals surface area contributed by atoms with E-state index in [0.29, 0.717) is 42.9 Å². The molecule has 1 amide bonds. The highest BCUT2D eigenvalue weighted by molar-refractivity contribution is 6.34. The van der Waals surface area contributed by atoms with Crippen LogP contribution in [0.4, 0.5) is 0 Å². The first kappa shape index (κ1) is 17.5. The quantitative estimate of drug-likeness (QED) is 0.619. The van der Waals surface area contributed by atoms with Crippen LogP contribution in [0.15, 0.2) is 33.5 Å². The van der Waals surface area contributed by atoms with E-state index in [4.69, 9.17) is 20.8 Å². The maximum atomic E-state index is 12.7. The molecule has 0 aliphatic carbocycles. The van der Waals surface area contributed by atoms with Gasteiger partial charge in [-0.25, -0.2) is 4.79 Å². The standard InChI is InChI=1S/C18H18ClNO5/c1-2-24-17(22)11-6-8-20(9-7-11)16(21)13-10-12-4-3-5-14(19)15(12)25-18(13)23/h3-5,10-11H,2,6-9H2,1H3. The number of ether oxygens (including phenoxy) is 1. The van der Waals surface area contributed by atoms with E-state index in [2.05, 4.69) is 0 Å². The first-order valence-electron chi connectivity index (χ1n) is 8.19. The highest BCUT2D eigenvalue weighted by Crippen LogP contribution is 2.24. The van der Waals surface area contributed by atoms with Gasteiger partial charge in [0.25, 0.3) is 5.91 Å². The van der Waals surface area contributed by atoms with Crippen molar-refractivity contribution < 1.29 is 18.7 Å². The molecule has 132 valence electrons. The zero-order valence-electron chi connectivity index (χ0n) is 13.8. The molecule has 0 spiro atoms. The van der Waals surface area contributed by atoms with Crippen molar-refractivity contribution in [2.45, 2.75) is 19.8 Å². The number of carbonyl (C=O) groups is 2. The van der Waals surface area contributed by atoms with E-state index in [9.17, 15) is 14.4 Å². The van der Waals surface area contributed by atoms with E-state index >= 15 is 0 Å². The van der Waals surface area contributed by atoms with Gasteiger partial charge in [-0.2, -0.15) is 0 Å². The Bertz CT molecular complexity index is 867. The predicted molar refractivity (Wildman–Crippen MR) is 92.8 cm³/mol. The number of halogens is 1. The lowest BCUT2D eigenvalue weighted by Gasteiger charge is -2.30. The van der Waals surface area contributed by atoms with Gasteiger partial charge in [-0.1, -0.05) is 23.7 Å². The van der Waals surface area contributed by atoms with Crippen molar-refractivity contribution in [3.8, 4) is 0 Å². The summed E-state index contributed by atoms with van der Waals surface area (Å²) in [6.07, 6.45) is 1.05. The van der Waals surface area contributed by atoms with Crippen molar-refractivity contribution in [1.29, 1.82) is 0 Å². The van der Waals surface area contributed by atoms with Gasteiger partial charge in [0, 0.05) is 18.5 Å². The van der Waals surface area contributed by atoms with E-state index in [-0.39, 0.29) is 23.0 Å². The third-order valence-corrected chi connectivity index (χ3v) is 4.64. The minimum atomic E-state index is -0.710. The molecule has 0 saturated carbocycles. The van der Waals surface area contributed by atoms with Crippen molar-refractivity contribution in [2.75, 3.05) is 19.7 Å². The van der Waals surface area contributed by atoms with E-state index in [1.165, 1.54) is 6.07 Å². The molecule has 1 aromatic heterocycles. The summed E-state index contributed by atoms with van der Waals surface area (Å²) < 4.78 is 10.2. The molecule has 0 radical (unpaired) electrons. The number of carbonyl (C=O) groups excluding carboxylic acids is 2.